The van der Waals surface area contributed by atoms with Crippen LogP contribution in [0.15, 0.2) is 16.7 Å². The predicted molar refractivity (Wildman–Crippen MR) is 131 cm³/mol. The lowest BCUT2D eigenvalue weighted by Gasteiger charge is -2.14. The summed E-state index contributed by atoms with van der Waals surface area (Å²) in [5.41, 5.74) is -28.4. The fourth-order valence-electron chi connectivity index (χ4n) is 5.07. The molecule has 23 heteroatoms. The Bertz CT molecular complexity index is 2130. The van der Waals surface area contributed by atoms with Crippen LogP contribution in [0.2, 0.25) is 0 Å². The second-order valence-corrected chi connectivity index (χ2v) is 10.2. The first-order chi connectivity index (χ1) is 24.1. The van der Waals surface area contributed by atoms with E-state index in [0.717, 1.165) is 0 Å². The van der Waals surface area contributed by atoms with Gasteiger partial charge in [0.05, 0.1) is 27.8 Å². The van der Waals surface area contributed by atoms with Crippen LogP contribution in [0.3, 0.4) is 0 Å². The quantitative estimate of drug-likeness (QED) is 0.151. The number of benzene rings is 3. The molecule has 1 fully saturated rings. The summed E-state index contributed by atoms with van der Waals surface area (Å²) in [5, 5.41) is 19.4. The third-order valence-electron chi connectivity index (χ3n) is 7.30. The van der Waals surface area contributed by atoms with Crippen molar-refractivity contribution in [3.8, 4) is 12.1 Å². The Labute approximate surface area is 277 Å². The van der Waals surface area contributed by atoms with Gasteiger partial charge in [-0.3, -0.25) is 0 Å². The van der Waals surface area contributed by atoms with Crippen molar-refractivity contribution in [3.05, 3.63) is 120 Å². The van der Waals surface area contributed by atoms with E-state index in [4.69, 9.17) is 0 Å². The predicted octanol–water partition coefficient (Wildman–Crippen LogP) is 11.2. The second kappa shape index (κ2) is 12.8. The molecule has 53 heavy (non-hydrogen) atoms. The molecule has 0 unspecified atom stereocenters. The highest BCUT2D eigenvalue weighted by Gasteiger charge is 2.49. The summed E-state index contributed by atoms with van der Waals surface area (Å²) in [6.07, 6.45) is -18.6. The van der Waals surface area contributed by atoms with E-state index in [0.29, 0.717) is 12.1 Å². The van der Waals surface area contributed by atoms with Crippen LogP contribution in [0.1, 0.15) is 40.3 Å². The first kappa shape index (κ1) is 40.2. The number of allylic oxidation sites excluding steroid dienone is 6. The Morgan fingerprint density at radius 1 is 0.358 bits per heavy atom. The Morgan fingerprint density at radius 3 is 0.755 bits per heavy atom. The van der Waals surface area contributed by atoms with Gasteiger partial charge < -0.3 is 0 Å². The lowest BCUT2D eigenvalue weighted by molar-refractivity contribution is -0.144. The van der Waals surface area contributed by atoms with E-state index in [2.05, 4.69) is 0 Å². The molecule has 1 saturated carbocycles. The zero-order chi connectivity index (χ0) is 40.8. The number of nitriles is 2. The van der Waals surface area contributed by atoms with Crippen LogP contribution in [0, 0.1) is 92.5 Å². The SMILES string of the molecule is CC(=C1C(=C(C#N)c2c(F)c(F)c(C(F)(F)F)c(F)c2F)C1=C(C#N)c1c(F)c(F)c(C(F)(F)F)c(F)c1F)c1c(F)c(F)c(C(F)(F)F)c(F)c1F. The minimum Gasteiger partial charge on any atom is -0.203 e. The molecule has 3 aromatic carbocycles. The van der Waals surface area contributed by atoms with Crippen LogP contribution in [0.5, 0.6) is 0 Å². The van der Waals surface area contributed by atoms with E-state index >= 15 is 17.6 Å². The minimum absolute atomic E-state index is 0.154. The summed E-state index contributed by atoms with van der Waals surface area (Å²) in [5.74, 6) is -38.4. The minimum atomic E-state index is -6.23. The van der Waals surface area contributed by atoms with Gasteiger partial charge in [-0.2, -0.15) is 50.0 Å². The molecule has 0 bridgehead atoms. The molecule has 0 saturated heterocycles. The first-order valence-corrected chi connectivity index (χ1v) is 12.9. The number of nitrogens with zero attached hydrogens (tertiary/aromatic N) is 2. The molecule has 0 amide bonds. The highest BCUT2D eigenvalue weighted by Crippen LogP contribution is 2.58. The van der Waals surface area contributed by atoms with Crippen molar-refractivity contribution in [3.63, 3.8) is 0 Å². The third kappa shape index (κ3) is 6.10. The molecular weight excluding hydrogens is 787 g/mol. The summed E-state index contributed by atoms with van der Waals surface area (Å²) in [6.45, 7) is 0.154. The molecule has 0 N–H and O–H groups in total. The summed E-state index contributed by atoms with van der Waals surface area (Å²) in [6, 6.07) is 1.34. The molecule has 1 aliphatic rings. The molecule has 2 nitrogen and oxygen atoms in total. The van der Waals surface area contributed by atoms with Gasteiger partial charge in [-0.1, -0.05) is 0 Å². The summed E-state index contributed by atoms with van der Waals surface area (Å²) >= 11 is 0. The number of alkyl halides is 9. The molecule has 1 aliphatic carbocycles. The average molecular weight is 790 g/mol. The molecular formula is C30H3F21N2. The maximum absolute atomic E-state index is 15.0. The highest BCUT2D eigenvalue weighted by molar-refractivity contribution is 6.10. The maximum atomic E-state index is 15.0. The van der Waals surface area contributed by atoms with Gasteiger partial charge in [0.15, 0.2) is 69.8 Å². The molecule has 0 radical (unpaired) electrons. The molecule has 0 aromatic heterocycles. The summed E-state index contributed by atoms with van der Waals surface area (Å²) < 4.78 is 295. The monoisotopic (exact) mass is 790 g/mol. The number of hydrogen-bond acceptors (Lipinski definition) is 2. The van der Waals surface area contributed by atoms with Gasteiger partial charge in [0.25, 0.3) is 0 Å². The fourth-order valence-corrected chi connectivity index (χ4v) is 5.07. The van der Waals surface area contributed by atoms with E-state index in [-0.39, 0.29) is 6.92 Å². The summed E-state index contributed by atoms with van der Waals surface area (Å²) in [4.78, 5) is 0. The Morgan fingerprint density at radius 2 is 0.566 bits per heavy atom. The lowest BCUT2D eigenvalue weighted by Crippen LogP contribution is -2.17. The number of hydrogen-bond donors (Lipinski definition) is 0. The van der Waals surface area contributed by atoms with Gasteiger partial charge in [-0.25, -0.2) is 52.7 Å². The van der Waals surface area contributed by atoms with Crippen LogP contribution < -0.4 is 0 Å². The van der Waals surface area contributed by atoms with Crippen LogP contribution in [-0.4, -0.2) is 0 Å². The van der Waals surface area contributed by atoms with E-state index < -0.39 is 155 Å². The van der Waals surface area contributed by atoms with E-state index in [1.807, 2.05) is 0 Å². The molecule has 3 aromatic rings. The lowest BCUT2D eigenvalue weighted by atomic mass is 9.98. The Hall–Kier alpha value is -5.61. The second-order valence-electron chi connectivity index (χ2n) is 10.2. The standard InChI is InChI=1S/C30H3F21N2/c1-4(8-16(31)22(37)13(28(43,44)45)23(38)17(8)32)7-9(5(2-52)11-18(33)24(39)14(29(46,47)48)25(40)19(11)34)10(7)6(3-53)12-20(35)26(41)15(30(49,50)51)27(42)21(12)36/h1H3. The van der Waals surface area contributed by atoms with Crippen molar-refractivity contribution in [2.75, 3.05) is 0 Å². The largest absolute Gasteiger partial charge is 0.422 e. The van der Waals surface area contributed by atoms with Gasteiger partial charge in [0.1, 0.15) is 28.8 Å². The van der Waals surface area contributed by atoms with Crippen LogP contribution in [-0.2, 0) is 18.5 Å². The zero-order valence-electron chi connectivity index (χ0n) is 24.3. The smallest absolute Gasteiger partial charge is 0.203 e. The maximum Gasteiger partial charge on any atom is 0.422 e. The topological polar surface area (TPSA) is 47.6 Å². The molecule has 4 rings (SSSR count). The van der Waals surface area contributed by atoms with Crippen molar-refractivity contribution in [1.82, 2.24) is 0 Å². The fraction of sp³-hybridized carbons (Fsp3) is 0.133. The molecule has 0 atom stereocenters. The van der Waals surface area contributed by atoms with Crippen molar-refractivity contribution in [1.29, 1.82) is 10.5 Å². The van der Waals surface area contributed by atoms with E-state index in [1.165, 1.54) is 0 Å². The van der Waals surface area contributed by atoms with Gasteiger partial charge in [0.2, 0.25) is 0 Å². The van der Waals surface area contributed by atoms with Crippen LogP contribution in [0.25, 0.3) is 16.7 Å². The van der Waals surface area contributed by atoms with Crippen molar-refractivity contribution in [2.24, 2.45) is 0 Å². The van der Waals surface area contributed by atoms with E-state index in [1.54, 1.807) is 0 Å². The van der Waals surface area contributed by atoms with Crippen molar-refractivity contribution in [2.45, 2.75) is 25.5 Å². The van der Waals surface area contributed by atoms with Gasteiger partial charge >= 0.3 is 18.5 Å². The highest BCUT2D eigenvalue weighted by atomic mass is 19.4. The first-order valence-electron chi connectivity index (χ1n) is 12.9. The molecule has 0 aliphatic heterocycles. The number of halogens is 21. The van der Waals surface area contributed by atoms with E-state index in [9.17, 15) is 85.2 Å². The molecule has 280 valence electrons. The van der Waals surface area contributed by atoms with Crippen molar-refractivity contribution < 1.29 is 92.2 Å². The zero-order valence-corrected chi connectivity index (χ0v) is 24.3. The Kier molecular flexibility index (Phi) is 9.70. The van der Waals surface area contributed by atoms with Gasteiger partial charge in [0, 0.05) is 11.1 Å². The van der Waals surface area contributed by atoms with Crippen LogP contribution in [0.4, 0.5) is 92.2 Å². The Balaban J connectivity index is 2.34. The third-order valence-corrected chi connectivity index (χ3v) is 7.30. The summed E-state index contributed by atoms with van der Waals surface area (Å²) in [7, 11) is 0. The molecule has 0 spiro atoms. The van der Waals surface area contributed by atoms with Crippen LogP contribution >= 0.6 is 0 Å². The number of rotatable bonds is 3. The van der Waals surface area contributed by atoms with Crippen molar-refractivity contribution >= 4 is 16.7 Å². The normalized spacial score (nSPS) is 15.4. The average Bonchev–Trinajstić information content (AvgIpc) is 3.75. The van der Waals surface area contributed by atoms with Gasteiger partial charge in [-0.15, -0.1) is 0 Å². The molecule has 0 heterocycles. The van der Waals surface area contributed by atoms with Gasteiger partial charge in [-0.05, 0) is 18.1 Å².